The third-order valence-corrected chi connectivity index (χ3v) is 4.32. The number of hydrogen-bond donors (Lipinski definition) is 1. The highest BCUT2D eigenvalue weighted by Crippen LogP contribution is 2.46. The van der Waals surface area contributed by atoms with Crippen molar-refractivity contribution in [3.63, 3.8) is 0 Å². The van der Waals surface area contributed by atoms with E-state index >= 15 is 0 Å². The molecule has 0 spiro atoms. The Kier molecular flexibility index (Phi) is 2.23. The number of ketones is 1. The van der Waals surface area contributed by atoms with Crippen molar-refractivity contribution in [3.05, 3.63) is 42.0 Å². The van der Waals surface area contributed by atoms with Gasteiger partial charge in [0.25, 0.3) is 0 Å². The van der Waals surface area contributed by atoms with E-state index in [1.165, 1.54) is 0 Å². The molecule has 2 aliphatic carbocycles. The van der Waals surface area contributed by atoms with Gasteiger partial charge in [0.2, 0.25) is 0 Å². The van der Waals surface area contributed by atoms with Crippen LogP contribution in [0, 0.1) is 5.92 Å². The number of Topliss-reactive ketones (excluding diaryl/α,β-unsaturated/α-hetero) is 1. The van der Waals surface area contributed by atoms with Crippen molar-refractivity contribution < 1.29 is 4.79 Å². The molecule has 0 heterocycles. The van der Waals surface area contributed by atoms with E-state index in [0.717, 1.165) is 42.4 Å². The number of carbonyl (C=O) groups excluding carboxylic acids is 1. The van der Waals surface area contributed by atoms with Gasteiger partial charge < -0.3 is 5.73 Å². The van der Waals surface area contributed by atoms with Crippen molar-refractivity contribution in [3.8, 4) is 0 Å². The Hall–Kier alpha value is -1.41. The lowest BCUT2D eigenvalue weighted by Crippen LogP contribution is -2.58. The van der Waals surface area contributed by atoms with Gasteiger partial charge in [0, 0.05) is 11.5 Å². The zero-order valence-corrected chi connectivity index (χ0v) is 9.91. The van der Waals surface area contributed by atoms with Crippen LogP contribution in [0.1, 0.15) is 41.6 Å². The largest absolute Gasteiger partial charge is 0.318 e. The second-order valence-electron chi connectivity index (χ2n) is 5.24. The molecule has 2 heteroatoms. The van der Waals surface area contributed by atoms with Crippen molar-refractivity contribution >= 4 is 11.4 Å². The standard InChI is InChI=1S/C15H17NO/c1-10-11-6-2-3-7-12(11)14(17)15(16)9-5-4-8-13(10)15/h2-3,6-7,13H,1,4-5,8-9,16H2. The first-order valence-corrected chi connectivity index (χ1v) is 6.26. The Morgan fingerprint density at radius 2 is 1.94 bits per heavy atom. The minimum absolute atomic E-state index is 0.116. The molecule has 17 heavy (non-hydrogen) atoms. The van der Waals surface area contributed by atoms with E-state index in [1.54, 1.807) is 0 Å². The molecular weight excluding hydrogens is 210 g/mol. The lowest BCUT2D eigenvalue weighted by Gasteiger charge is -2.44. The molecule has 0 amide bonds. The first kappa shape index (κ1) is 10.7. The Morgan fingerprint density at radius 3 is 2.71 bits per heavy atom. The first-order valence-electron chi connectivity index (χ1n) is 6.26. The number of benzene rings is 1. The minimum Gasteiger partial charge on any atom is -0.318 e. The molecule has 0 aliphatic heterocycles. The fourth-order valence-corrected chi connectivity index (χ4v) is 3.35. The van der Waals surface area contributed by atoms with Gasteiger partial charge in [0.1, 0.15) is 0 Å². The van der Waals surface area contributed by atoms with Gasteiger partial charge in [-0.2, -0.15) is 0 Å². The highest BCUT2D eigenvalue weighted by atomic mass is 16.1. The summed E-state index contributed by atoms with van der Waals surface area (Å²) in [5, 5.41) is 0. The van der Waals surface area contributed by atoms with Gasteiger partial charge in [-0.05, 0) is 24.0 Å². The lowest BCUT2D eigenvalue weighted by atomic mass is 9.61. The number of rotatable bonds is 0. The molecule has 88 valence electrons. The van der Waals surface area contributed by atoms with Crippen LogP contribution in [-0.4, -0.2) is 11.3 Å². The first-order chi connectivity index (χ1) is 8.14. The van der Waals surface area contributed by atoms with Gasteiger partial charge in [0.05, 0.1) is 5.54 Å². The van der Waals surface area contributed by atoms with E-state index in [1.807, 2.05) is 24.3 Å². The van der Waals surface area contributed by atoms with E-state index in [2.05, 4.69) is 6.58 Å². The summed E-state index contributed by atoms with van der Waals surface area (Å²) in [7, 11) is 0. The average molecular weight is 227 g/mol. The molecule has 1 saturated carbocycles. The van der Waals surface area contributed by atoms with Crippen LogP contribution >= 0.6 is 0 Å². The van der Waals surface area contributed by atoms with Crippen molar-refractivity contribution in [2.45, 2.75) is 31.2 Å². The predicted octanol–water partition coefficient (Wildman–Crippen LogP) is 2.78. The zero-order valence-electron chi connectivity index (χ0n) is 9.91. The van der Waals surface area contributed by atoms with E-state index in [0.29, 0.717) is 0 Å². The third kappa shape index (κ3) is 1.34. The Labute approximate surface area is 102 Å². The van der Waals surface area contributed by atoms with E-state index in [4.69, 9.17) is 5.73 Å². The summed E-state index contributed by atoms with van der Waals surface area (Å²) in [4.78, 5) is 12.6. The molecule has 2 atom stereocenters. The Morgan fingerprint density at radius 1 is 1.24 bits per heavy atom. The van der Waals surface area contributed by atoms with Gasteiger partial charge >= 0.3 is 0 Å². The SMILES string of the molecule is C=C1c2ccccc2C(=O)C2(N)CCCCC12. The maximum Gasteiger partial charge on any atom is 0.183 e. The second kappa shape index (κ2) is 3.54. The maximum atomic E-state index is 12.6. The van der Waals surface area contributed by atoms with Crippen LogP contribution in [0.4, 0.5) is 0 Å². The van der Waals surface area contributed by atoms with Crippen LogP contribution in [0.25, 0.3) is 5.57 Å². The van der Waals surface area contributed by atoms with Gasteiger partial charge in [0.15, 0.2) is 5.78 Å². The molecule has 2 unspecified atom stereocenters. The Bertz CT molecular complexity index is 505. The van der Waals surface area contributed by atoms with E-state index < -0.39 is 5.54 Å². The summed E-state index contributed by atoms with van der Waals surface area (Å²) < 4.78 is 0. The van der Waals surface area contributed by atoms with Crippen LogP contribution in [0.15, 0.2) is 30.8 Å². The van der Waals surface area contributed by atoms with Gasteiger partial charge in [-0.25, -0.2) is 0 Å². The summed E-state index contributed by atoms with van der Waals surface area (Å²) >= 11 is 0. The fourth-order valence-electron chi connectivity index (χ4n) is 3.35. The van der Waals surface area contributed by atoms with Crippen LogP contribution in [0.2, 0.25) is 0 Å². The summed E-state index contributed by atoms with van der Waals surface area (Å²) in [5.74, 6) is 0.254. The highest BCUT2D eigenvalue weighted by Gasteiger charge is 2.49. The molecule has 0 saturated heterocycles. The molecule has 1 aromatic carbocycles. The number of fused-ring (bicyclic) bond motifs is 2. The highest BCUT2D eigenvalue weighted by molar-refractivity contribution is 6.10. The van der Waals surface area contributed by atoms with Crippen molar-refractivity contribution in [2.24, 2.45) is 11.7 Å². The number of carbonyl (C=O) groups is 1. The van der Waals surface area contributed by atoms with Crippen LogP contribution in [-0.2, 0) is 0 Å². The normalized spacial score (nSPS) is 31.9. The number of nitrogens with two attached hydrogens (primary N) is 1. The molecule has 2 N–H and O–H groups in total. The molecule has 0 bridgehead atoms. The molecular formula is C15H17NO. The molecule has 1 fully saturated rings. The molecule has 1 aromatic rings. The van der Waals surface area contributed by atoms with Crippen LogP contribution < -0.4 is 5.73 Å². The lowest BCUT2D eigenvalue weighted by molar-refractivity contribution is 0.0794. The van der Waals surface area contributed by atoms with E-state index in [-0.39, 0.29) is 11.7 Å². The van der Waals surface area contributed by atoms with Gasteiger partial charge in [-0.15, -0.1) is 0 Å². The molecule has 3 rings (SSSR count). The average Bonchev–Trinajstić information content (AvgIpc) is 2.36. The molecule has 2 nitrogen and oxygen atoms in total. The molecule has 2 aliphatic rings. The van der Waals surface area contributed by atoms with Crippen molar-refractivity contribution in [1.82, 2.24) is 0 Å². The fraction of sp³-hybridized carbons (Fsp3) is 0.400. The Balaban J connectivity index is 2.20. The second-order valence-corrected chi connectivity index (χ2v) is 5.24. The third-order valence-electron chi connectivity index (χ3n) is 4.32. The monoisotopic (exact) mass is 227 g/mol. The minimum atomic E-state index is -0.691. The summed E-state index contributed by atoms with van der Waals surface area (Å²) in [5.41, 5.74) is 8.54. The number of hydrogen-bond acceptors (Lipinski definition) is 2. The van der Waals surface area contributed by atoms with Gasteiger partial charge in [-0.1, -0.05) is 43.7 Å². The van der Waals surface area contributed by atoms with Crippen molar-refractivity contribution in [2.75, 3.05) is 0 Å². The molecule has 0 aromatic heterocycles. The summed E-state index contributed by atoms with van der Waals surface area (Å²) in [6, 6.07) is 7.73. The topological polar surface area (TPSA) is 43.1 Å². The smallest absolute Gasteiger partial charge is 0.183 e. The quantitative estimate of drug-likeness (QED) is 0.740. The van der Waals surface area contributed by atoms with Gasteiger partial charge in [-0.3, -0.25) is 4.79 Å². The summed E-state index contributed by atoms with van der Waals surface area (Å²) in [6.45, 7) is 4.19. The van der Waals surface area contributed by atoms with Crippen LogP contribution in [0.3, 0.4) is 0 Å². The zero-order chi connectivity index (χ0) is 12.0. The van der Waals surface area contributed by atoms with Crippen molar-refractivity contribution in [1.29, 1.82) is 0 Å². The predicted molar refractivity (Wildman–Crippen MR) is 68.7 cm³/mol. The maximum absolute atomic E-state index is 12.6. The van der Waals surface area contributed by atoms with Crippen LogP contribution in [0.5, 0.6) is 0 Å². The van der Waals surface area contributed by atoms with E-state index in [9.17, 15) is 4.79 Å². The summed E-state index contributed by atoms with van der Waals surface area (Å²) in [6.07, 6.45) is 3.99. The molecule has 0 radical (unpaired) electrons.